The van der Waals surface area contributed by atoms with Crippen LogP contribution in [-0.4, -0.2) is 25.2 Å². The van der Waals surface area contributed by atoms with Crippen LogP contribution in [0.5, 0.6) is 5.75 Å². The van der Waals surface area contributed by atoms with E-state index < -0.39 is 12.1 Å². The molecule has 28 heavy (non-hydrogen) atoms. The Hall–Kier alpha value is -2.24. The molecule has 1 aromatic carbocycles. The van der Waals surface area contributed by atoms with E-state index in [1.807, 2.05) is 24.3 Å². The Balaban J connectivity index is 2.30. The van der Waals surface area contributed by atoms with Crippen LogP contribution in [0, 0.1) is 5.41 Å². The average Bonchev–Trinajstić information content (AvgIpc) is 2.55. The van der Waals surface area contributed by atoms with Gasteiger partial charge in [-0.1, -0.05) is 59.6 Å². The van der Waals surface area contributed by atoms with Crippen LogP contribution in [0.1, 0.15) is 72.3 Å². The normalized spacial score (nSPS) is 11.8. The van der Waals surface area contributed by atoms with Gasteiger partial charge in [0.2, 0.25) is 0 Å². The highest BCUT2D eigenvalue weighted by Crippen LogP contribution is 2.36. The maximum atomic E-state index is 11.9. The fraction of sp³-hybridized carbons (Fsp3) is 0.636. The van der Waals surface area contributed by atoms with Crippen molar-refractivity contribution in [3.8, 4) is 5.75 Å². The van der Waals surface area contributed by atoms with Crippen molar-refractivity contribution in [2.45, 2.75) is 72.1 Å². The number of ether oxygens (including phenoxy) is 1. The van der Waals surface area contributed by atoms with Crippen molar-refractivity contribution in [1.82, 2.24) is 10.6 Å². The highest BCUT2D eigenvalue weighted by Gasteiger charge is 2.27. The number of nitrogens with one attached hydrogen (secondary N) is 2. The molecule has 0 saturated heterocycles. The Kier molecular flexibility index (Phi) is 9.29. The fourth-order valence-electron chi connectivity index (χ4n) is 3.55. The van der Waals surface area contributed by atoms with Crippen molar-refractivity contribution < 1.29 is 14.3 Å². The fourth-order valence-corrected chi connectivity index (χ4v) is 3.55. The lowest BCUT2D eigenvalue weighted by molar-refractivity contribution is 0.200. The van der Waals surface area contributed by atoms with E-state index in [-0.39, 0.29) is 10.8 Å². The lowest BCUT2D eigenvalue weighted by Crippen LogP contribution is -2.30. The Morgan fingerprint density at radius 1 is 0.893 bits per heavy atom. The van der Waals surface area contributed by atoms with E-state index in [0.717, 1.165) is 32.1 Å². The third-order valence-electron chi connectivity index (χ3n) is 4.49. The number of hydrogen-bond donors (Lipinski definition) is 3. The van der Waals surface area contributed by atoms with Crippen LogP contribution in [0.25, 0.3) is 0 Å². The SMILES string of the molecule is CC(C)(C)CC(C)(C)c1ccc(OC(=O)NCCCCCCNC(N)=O)cc1. The Labute approximate surface area is 169 Å². The number of amides is 3. The van der Waals surface area contributed by atoms with E-state index in [4.69, 9.17) is 10.5 Å². The summed E-state index contributed by atoms with van der Waals surface area (Å²) in [4.78, 5) is 22.4. The first-order chi connectivity index (χ1) is 13.0. The van der Waals surface area contributed by atoms with E-state index in [1.165, 1.54) is 5.56 Å². The van der Waals surface area contributed by atoms with Gasteiger partial charge >= 0.3 is 12.1 Å². The molecule has 3 amide bonds. The minimum Gasteiger partial charge on any atom is -0.410 e. The van der Waals surface area contributed by atoms with Gasteiger partial charge in [-0.05, 0) is 47.8 Å². The lowest BCUT2D eigenvalue weighted by atomic mass is 9.72. The molecule has 0 aromatic heterocycles. The summed E-state index contributed by atoms with van der Waals surface area (Å²) >= 11 is 0. The molecule has 0 aliphatic carbocycles. The highest BCUT2D eigenvalue weighted by atomic mass is 16.6. The molecule has 0 aliphatic heterocycles. The van der Waals surface area contributed by atoms with Crippen LogP contribution >= 0.6 is 0 Å². The third kappa shape index (κ3) is 10.2. The zero-order valence-corrected chi connectivity index (χ0v) is 18.1. The van der Waals surface area contributed by atoms with E-state index in [0.29, 0.717) is 18.8 Å². The van der Waals surface area contributed by atoms with Gasteiger partial charge in [0, 0.05) is 13.1 Å². The van der Waals surface area contributed by atoms with Crippen molar-refractivity contribution in [1.29, 1.82) is 0 Å². The molecule has 0 radical (unpaired) electrons. The van der Waals surface area contributed by atoms with Crippen LogP contribution in [0.4, 0.5) is 9.59 Å². The number of unbranched alkanes of at least 4 members (excludes halogenated alkanes) is 3. The van der Waals surface area contributed by atoms with Gasteiger partial charge in [0.1, 0.15) is 5.75 Å². The number of primary amides is 1. The maximum absolute atomic E-state index is 11.9. The minimum absolute atomic E-state index is 0.0615. The van der Waals surface area contributed by atoms with Crippen molar-refractivity contribution in [3.05, 3.63) is 29.8 Å². The quantitative estimate of drug-likeness (QED) is 0.504. The monoisotopic (exact) mass is 391 g/mol. The van der Waals surface area contributed by atoms with Gasteiger partial charge in [0.25, 0.3) is 0 Å². The van der Waals surface area contributed by atoms with Gasteiger partial charge in [-0.3, -0.25) is 0 Å². The highest BCUT2D eigenvalue weighted by molar-refractivity contribution is 5.71. The van der Waals surface area contributed by atoms with E-state index in [1.54, 1.807) is 0 Å². The van der Waals surface area contributed by atoms with Crippen LogP contribution in [0.2, 0.25) is 0 Å². The van der Waals surface area contributed by atoms with Gasteiger partial charge < -0.3 is 21.1 Å². The molecule has 0 unspecified atom stereocenters. The maximum Gasteiger partial charge on any atom is 0.412 e. The molecule has 1 aromatic rings. The molecule has 0 saturated carbocycles. The largest absolute Gasteiger partial charge is 0.412 e. The molecule has 158 valence electrons. The summed E-state index contributed by atoms with van der Waals surface area (Å²) in [6.45, 7) is 12.4. The predicted molar refractivity (Wildman–Crippen MR) is 114 cm³/mol. The Bertz CT molecular complexity index is 619. The molecule has 6 nitrogen and oxygen atoms in total. The van der Waals surface area contributed by atoms with E-state index in [2.05, 4.69) is 45.3 Å². The van der Waals surface area contributed by atoms with Crippen molar-refractivity contribution in [2.75, 3.05) is 13.1 Å². The molecular formula is C22H37N3O3. The molecule has 1 rings (SSSR count). The first kappa shape index (κ1) is 23.8. The number of nitrogens with two attached hydrogens (primary N) is 1. The molecular weight excluding hydrogens is 354 g/mol. The zero-order chi connectivity index (χ0) is 21.2. The standard InChI is InChI=1S/C22H37N3O3/c1-21(2,3)16-22(4,5)17-10-12-18(13-11-17)28-20(27)25-15-9-7-6-8-14-24-19(23)26/h10-13H,6-9,14-16H2,1-5H3,(H,25,27)(H3,23,24,26). The zero-order valence-electron chi connectivity index (χ0n) is 18.1. The van der Waals surface area contributed by atoms with E-state index in [9.17, 15) is 9.59 Å². The second kappa shape index (κ2) is 10.9. The molecule has 6 heteroatoms. The summed E-state index contributed by atoms with van der Waals surface area (Å²) in [6.07, 6.45) is 4.33. The molecule has 4 N–H and O–H groups in total. The summed E-state index contributed by atoms with van der Waals surface area (Å²) in [5.41, 5.74) is 6.54. The second-order valence-electron chi connectivity index (χ2n) is 9.17. The van der Waals surface area contributed by atoms with Crippen molar-refractivity contribution in [2.24, 2.45) is 11.1 Å². The summed E-state index contributed by atoms with van der Waals surface area (Å²) in [5, 5.41) is 5.32. The van der Waals surface area contributed by atoms with Crippen LogP contribution in [0.3, 0.4) is 0 Å². The summed E-state index contributed by atoms with van der Waals surface area (Å²) in [6, 6.07) is 7.29. The topological polar surface area (TPSA) is 93.4 Å². The first-order valence-corrected chi connectivity index (χ1v) is 10.1. The van der Waals surface area contributed by atoms with Gasteiger partial charge in [0.05, 0.1) is 0 Å². The summed E-state index contributed by atoms with van der Waals surface area (Å²) in [7, 11) is 0. The molecule has 0 bridgehead atoms. The van der Waals surface area contributed by atoms with Crippen molar-refractivity contribution in [3.63, 3.8) is 0 Å². The average molecular weight is 392 g/mol. The van der Waals surface area contributed by atoms with Gasteiger partial charge in [-0.25, -0.2) is 9.59 Å². The number of rotatable bonds is 10. The smallest absolute Gasteiger partial charge is 0.410 e. The number of benzene rings is 1. The third-order valence-corrected chi connectivity index (χ3v) is 4.49. The molecule has 0 heterocycles. The van der Waals surface area contributed by atoms with Crippen molar-refractivity contribution >= 4 is 12.1 Å². The van der Waals surface area contributed by atoms with Gasteiger partial charge in [0.15, 0.2) is 0 Å². The molecule has 0 fully saturated rings. The Morgan fingerprint density at radius 2 is 1.43 bits per heavy atom. The molecule has 0 atom stereocenters. The van der Waals surface area contributed by atoms with E-state index >= 15 is 0 Å². The molecule has 0 spiro atoms. The summed E-state index contributed by atoms with van der Waals surface area (Å²) < 4.78 is 5.34. The molecule has 0 aliphatic rings. The number of urea groups is 1. The number of carbonyl (C=O) groups is 2. The number of carbonyl (C=O) groups excluding carboxylic acids is 2. The summed E-state index contributed by atoms with van der Waals surface area (Å²) in [5.74, 6) is 0.547. The minimum atomic E-state index is -0.491. The Morgan fingerprint density at radius 3 is 1.93 bits per heavy atom. The van der Waals surface area contributed by atoms with Gasteiger partial charge in [-0.15, -0.1) is 0 Å². The van der Waals surface area contributed by atoms with Crippen LogP contribution in [0.15, 0.2) is 24.3 Å². The van der Waals surface area contributed by atoms with Crippen LogP contribution in [-0.2, 0) is 5.41 Å². The first-order valence-electron chi connectivity index (χ1n) is 10.1. The predicted octanol–water partition coefficient (Wildman–Crippen LogP) is 4.72. The van der Waals surface area contributed by atoms with Crippen LogP contribution < -0.4 is 21.1 Å². The second-order valence-corrected chi connectivity index (χ2v) is 9.17. The lowest BCUT2D eigenvalue weighted by Gasteiger charge is -2.33. The number of hydrogen-bond acceptors (Lipinski definition) is 3. The van der Waals surface area contributed by atoms with Gasteiger partial charge in [-0.2, -0.15) is 0 Å².